The maximum absolute atomic E-state index is 11.4. The molecule has 1 amide bonds. The van der Waals surface area contributed by atoms with E-state index in [-0.39, 0.29) is 18.3 Å². The summed E-state index contributed by atoms with van der Waals surface area (Å²) in [6.07, 6.45) is 2.70. The van der Waals surface area contributed by atoms with Gasteiger partial charge >= 0.3 is 0 Å². The second kappa shape index (κ2) is 8.35. The third-order valence-electron chi connectivity index (χ3n) is 2.65. The number of oxazole rings is 1. The minimum atomic E-state index is -0.0188. The molecule has 1 aromatic carbocycles. The molecule has 0 fully saturated rings. The quantitative estimate of drug-likeness (QED) is 0.855. The molecule has 2 aromatic rings. The normalized spacial score (nSPS) is 9.85. The largest absolute Gasteiger partial charge is 0.444 e. The van der Waals surface area contributed by atoms with Gasteiger partial charge in [-0.05, 0) is 25.1 Å². The zero-order valence-electron chi connectivity index (χ0n) is 11.0. The van der Waals surface area contributed by atoms with E-state index in [1.54, 1.807) is 6.26 Å². The number of carbonyl (C=O) groups excluding carboxylic acids is 1. The van der Waals surface area contributed by atoms with E-state index < -0.39 is 0 Å². The summed E-state index contributed by atoms with van der Waals surface area (Å²) in [6.45, 7) is 0.898. The number of hydrogen-bond donors (Lipinski definition) is 2. The van der Waals surface area contributed by atoms with Crippen LogP contribution in [0, 0.1) is 0 Å². The average Bonchev–Trinajstić information content (AvgIpc) is 2.93. The van der Waals surface area contributed by atoms with Gasteiger partial charge in [-0.2, -0.15) is 0 Å². The first-order valence-corrected chi connectivity index (χ1v) is 6.26. The van der Waals surface area contributed by atoms with Gasteiger partial charge in [-0.25, -0.2) is 4.98 Å². The summed E-state index contributed by atoms with van der Waals surface area (Å²) in [6, 6.07) is 9.64. The third kappa shape index (κ3) is 4.68. The standard InChI is InChI=1S/C14H17N3O2.ClH/c15-8-4-7-13(18)16-9-12-10-19-14(17-12)11-5-2-1-3-6-11;/h1-3,5-6,10H,4,7-9,15H2,(H,16,18);1H. The molecule has 2 rings (SSSR count). The van der Waals surface area contributed by atoms with Gasteiger partial charge in [-0.15, -0.1) is 12.4 Å². The van der Waals surface area contributed by atoms with Gasteiger partial charge in [0.05, 0.1) is 12.2 Å². The van der Waals surface area contributed by atoms with E-state index in [0.717, 1.165) is 5.56 Å². The maximum Gasteiger partial charge on any atom is 0.226 e. The maximum atomic E-state index is 11.4. The minimum Gasteiger partial charge on any atom is -0.444 e. The third-order valence-corrected chi connectivity index (χ3v) is 2.65. The summed E-state index contributed by atoms with van der Waals surface area (Å²) in [5.74, 6) is 0.543. The predicted molar refractivity (Wildman–Crippen MR) is 79.3 cm³/mol. The fraction of sp³-hybridized carbons (Fsp3) is 0.286. The molecular weight excluding hydrogens is 278 g/mol. The highest BCUT2D eigenvalue weighted by Crippen LogP contribution is 2.17. The number of nitrogens with two attached hydrogens (primary N) is 1. The van der Waals surface area contributed by atoms with Gasteiger partial charge in [0, 0.05) is 12.0 Å². The van der Waals surface area contributed by atoms with Crippen molar-refractivity contribution >= 4 is 18.3 Å². The molecule has 1 heterocycles. The molecule has 0 bridgehead atoms. The van der Waals surface area contributed by atoms with E-state index in [4.69, 9.17) is 10.2 Å². The molecule has 6 heteroatoms. The van der Waals surface area contributed by atoms with Crippen LogP contribution in [-0.4, -0.2) is 17.4 Å². The Hall–Kier alpha value is -1.85. The second-order valence-electron chi connectivity index (χ2n) is 4.18. The molecule has 0 aliphatic rings. The van der Waals surface area contributed by atoms with Gasteiger partial charge in [0.2, 0.25) is 11.8 Å². The number of hydrogen-bond acceptors (Lipinski definition) is 4. The summed E-state index contributed by atoms with van der Waals surface area (Å²) in [5.41, 5.74) is 6.97. The van der Waals surface area contributed by atoms with Crippen LogP contribution in [0.2, 0.25) is 0 Å². The highest BCUT2D eigenvalue weighted by Gasteiger charge is 2.07. The van der Waals surface area contributed by atoms with Crippen LogP contribution in [0.5, 0.6) is 0 Å². The number of benzene rings is 1. The number of rotatable bonds is 6. The van der Waals surface area contributed by atoms with Crippen LogP contribution < -0.4 is 11.1 Å². The molecule has 0 spiro atoms. The summed E-state index contributed by atoms with van der Waals surface area (Å²) in [7, 11) is 0. The van der Waals surface area contributed by atoms with Crippen LogP contribution >= 0.6 is 12.4 Å². The van der Waals surface area contributed by atoms with Crippen molar-refractivity contribution < 1.29 is 9.21 Å². The number of aromatic nitrogens is 1. The zero-order chi connectivity index (χ0) is 13.5. The predicted octanol–water partition coefficient (Wildman–Crippen LogP) is 2.12. The van der Waals surface area contributed by atoms with E-state index in [2.05, 4.69) is 10.3 Å². The first-order valence-electron chi connectivity index (χ1n) is 6.26. The lowest BCUT2D eigenvalue weighted by Crippen LogP contribution is -2.23. The molecule has 0 saturated heterocycles. The summed E-state index contributed by atoms with van der Waals surface area (Å²) < 4.78 is 5.38. The molecule has 1 aromatic heterocycles. The molecule has 0 aliphatic carbocycles. The fourth-order valence-electron chi connectivity index (χ4n) is 1.64. The Balaban J connectivity index is 0.00000200. The molecule has 3 N–H and O–H groups in total. The van der Waals surface area contributed by atoms with Crippen molar-refractivity contribution in [2.24, 2.45) is 5.73 Å². The van der Waals surface area contributed by atoms with Crippen LogP contribution in [-0.2, 0) is 11.3 Å². The zero-order valence-corrected chi connectivity index (χ0v) is 11.9. The molecule has 20 heavy (non-hydrogen) atoms. The lowest BCUT2D eigenvalue weighted by molar-refractivity contribution is -0.121. The van der Waals surface area contributed by atoms with Crippen molar-refractivity contribution in [2.75, 3.05) is 6.54 Å². The summed E-state index contributed by atoms with van der Waals surface area (Å²) >= 11 is 0. The summed E-state index contributed by atoms with van der Waals surface area (Å²) in [4.78, 5) is 15.8. The number of halogens is 1. The Kier molecular flexibility index (Phi) is 6.76. The molecule has 108 valence electrons. The van der Waals surface area contributed by atoms with Crippen molar-refractivity contribution in [3.8, 4) is 11.5 Å². The molecule has 0 radical (unpaired) electrons. The van der Waals surface area contributed by atoms with Crippen molar-refractivity contribution in [1.82, 2.24) is 10.3 Å². The monoisotopic (exact) mass is 295 g/mol. The topological polar surface area (TPSA) is 81.2 Å². The van der Waals surface area contributed by atoms with Crippen LogP contribution in [0.25, 0.3) is 11.5 Å². The van der Waals surface area contributed by atoms with E-state index in [1.165, 1.54) is 0 Å². The minimum absolute atomic E-state index is 0. The van der Waals surface area contributed by atoms with Gasteiger partial charge in [-0.1, -0.05) is 18.2 Å². The van der Waals surface area contributed by atoms with Crippen molar-refractivity contribution in [2.45, 2.75) is 19.4 Å². The highest BCUT2D eigenvalue weighted by molar-refractivity contribution is 5.85. The summed E-state index contributed by atoms with van der Waals surface area (Å²) in [5, 5.41) is 2.78. The van der Waals surface area contributed by atoms with Gasteiger partial charge < -0.3 is 15.5 Å². The Morgan fingerprint density at radius 1 is 1.30 bits per heavy atom. The first-order chi connectivity index (χ1) is 9.29. The number of carbonyl (C=O) groups is 1. The fourth-order valence-corrected chi connectivity index (χ4v) is 1.64. The molecule has 0 saturated carbocycles. The Labute approximate surface area is 124 Å². The Morgan fingerprint density at radius 2 is 2.05 bits per heavy atom. The van der Waals surface area contributed by atoms with Crippen molar-refractivity contribution in [3.63, 3.8) is 0 Å². The van der Waals surface area contributed by atoms with Crippen LogP contribution in [0.4, 0.5) is 0 Å². The van der Waals surface area contributed by atoms with Crippen molar-refractivity contribution in [1.29, 1.82) is 0 Å². The highest BCUT2D eigenvalue weighted by atomic mass is 35.5. The first kappa shape index (κ1) is 16.2. The van der Waals surface area contributed by atoms with Gasteiger partial charge in [-0.3, -0.25) is 4.79 Å². The molecule has 0 unspecified atom stereocenters. The lowest BCUT2D eigenvalue weighted by Gasteiger charge is -2.01. The smallest absolute Gasteiger partial charge is 0.226 e. The molecular formula is C14H18ClN3O2. The Bertz CT molecular complexity index is 528. The molecule has 5 nitrogen and oxygen atoms in total. The number of nitrogens with zero attached hydrogens (tertiary/aromatic N) is 1. The average molecular weight is 296 g/mol. The molecule has 0 aliphatic heterocycles. The van der Waals surface area contributed by atoms with Crippen LogP contribution in [0.15, 0.2) is 41.0 Å². The van der Waals surface area contributed by atoms with E-state index in [1.807, 2.05) is 30.3 Å². The lowest BCUT2D eigenvalue weighted by atomic mass is 10.2. The van der Waals surface area contributed by atoms with E-state index >= 15 is 0 Å². The Morgan fingerprint density at radius 3 is 2.75 bits per heavy atom. The van der Waals surface area contributed by atoms with Crippen molar-refractivity contribution in [3.05, 3.63) is 42.3 Å². The van der Waals surface area contributed by atoms with Gasteiger partial charge in [0.15, 0.2) is 0 Å². The van der Waals surface area contributed by atoms with E-state index in [0.29, 0.717) is 37.5 Å². The number of amides is 1. The SMILES string of the molecule is Cl.NCCCC(=O)NCc1coc(-c2ccccc2)n1. The van der Waals surface area contributed by atoms with E-state index in [9.17, 15) is 4.79 Å². The van der Waals surface area contributed by atoms with Crippen LogP contribution in [0.1, 0.15) is 18.5 Å². The van der Waals surface area contributed by atoms with Gasteiger partial charge in [0.1, 0.15) is 6.26 Å². The second-order valence-corrected chi connectivity index (χ2v) is 4.18. The van der Waals surface area contributed by atoms with Gasteiger partial charge in [0.25, 0.3) is 0 Å². The number of nitrogens with one attached hydrogen (secondary N) is 1. The molecule has 0 atom stereocenters. The van der Waals surface area contributed by atoms with Crippen LogP contribution in [0.3, 0.4) is 0 Å².